The number of ether oxygens (including phenoxy) is 3. The van der Waals surface area contributed by atoms with Gasteiger partial charge in [0.2, 0.25) is 6.79 Å². The first-order valence-electron chi connectivity index (χ1n) is 8.71. The van der Waals surface area contributed by atoms with Crippen molar-refractivity contribution >= 4 is 11.7 Å². The van der Waals surface area contributed by atoms with Gasteiger partial charge in [0.15, 0.2) is 11.5 Å². The third-order valence-corrected chi connectivity index (χ3v) is 4.33. The van der Waals surface area contributed by atoms with Gasteiger partial charge in [-0.2, -0.15) is 0 Å². The quantitative estimate of drug-likeness (QED) is 0.358. The van der Waals surface area contributed by atoms with Crippen molar-refractivity contribution in [2.24, 2.45) is 5.84 Å². The van der Waals surface area contributed by atoms with Gasteiger partial charge in [0.1, 0.15) is 12.4 Å². The Morgan fingerprint density at radius 1 is 0.964 bits per heavy atom. The molecule has 1 heterocycles. The third-order valence-electron chi connectivity index (χ3n) is 4.33. The molecule has 4 N–H and O–H groups in total. The highest BCUT2D eigenvalue weighted by Crippen LogP contribution is 2.36. The zero-order valence-electron chi connectivity index (χ0n) is 15.0. The van der Waals surface area contributed by atoms with Crippen LogP contribution in [0.2, 0.25) is 0 Å². The van der Waals surface area contributed by atoms with Crippen LogP contribution in [0.5, 0.6) is 17.2 Å². The molecule has 0 saturated carbocycles. The second-order valence-electron chi connectivity index (χ2n) is 6.14. The first-order chi connectivity index (χ1) is 13.7. The Hall–Kier alpha value is -3.71. The number of fused-ring (bicyclic) bond motifs is 1. The number of hydrazine groups is 1. The molecule has 3 aromatic carbocycles. The number of nitrogens with two attached hydrogens (primary N) is 1. The van der Waals surface area contributed by atoms with Gasteiger partial charge in [-0.25, -0.2) is 10.6 Å². The van der Waals surface area contributed by atoms with E-state index in [0.29, 0.717) is 18.0 Å². The van der Waals surface area contributed by atoms with Crippen LogP contribution in [0.4, 0.5) is 10.5 Å². The number of nitrogens with one attached hydrogen (secondary N) is 2. The molecule has 0 atom stereocenters. The van der Waals surface area contributed by atoms with Crippen molar-refractivity contribution in [1.82, 2.24) is 5.43 Å². The van der Waals surface area contributed by atoms with Crippen molar-refractivity contribution in [2.45, 2.75) is 6.61 Å². The summed E-state index contributed by atoms with van der Waals surface area (Å²) in [6, 6.07) is 20.5. The fourth-order valence-electron chi connectivity index (χ4n) is 2.93. The molecule has 1 aliphatic rings. The number of anilines is 1. The summed E-state index contributed by atoms with van der Waals surface area (Å²) in [7, 11) is 0. The van der Waals surface area contributed by atoms with Crippen LogP contribution in [0, 0.1) is 0 Å². The van der Waals surface area contributed by atoms with E-state index in [1.165, 1.54) is 0 Å². The van der Waals surface area contributed by atoms with Crippen molar-refractivity contribution in [3.8, 4) is 28.4 Å². The zero-order valence-corrected chi connectivity index (χ0v) is 15.0. The second kappa shape index (κ2) is 7.89. The van der Waals surface area contributed by atoms with E-state index in [4.69, 9.17) is 20.1 Å². The molecule has 7 nitrogen and oxygen atoms in total. The van der Waals surface area contributed by atoms with Gasteiger partial charge >= 0.3 is 6.03 Å². The highest BCUT2D eigenvalue weighted by atomic mass is 16.7. The van der Waals surface area contributed by atoms with Crippen LogP contribution in [-0.2, 0) is 6.61 Å². The number of amides is 2. The fraction of sp³-hybridized carbons (Fsp3) is 0.0952. The molecule has 0 radical (unpaired) electrons. The number of carbonyl (C=O) groups excluding carboxylic acids is 1. The molecule has 0 unspecified atom stereocenters. The normalized spacial score (nSPS) is 11.8. The van der Waals surface area contributed by atoms with Gasteiger partial charge in [-0.05, 0) is 41.5 Å². The summed E-state index contributed by atoms with van der Waals surface area (Å²) in [4.78, 5) is 11.5. The van der Waals surface area contributed by atoms with Crippen LogP contribution in [-0.4, -0.2) is 12.8 Å². The van der Waals surface area contributed by atoms with Gasteiger partial charge in [0.25, 0.3) is 0 Å². The van der Waals surface area contributed by atoms with Crippen LogP contribution in [0.15, 0.2) is 66.7 Å². The predicted molar refractivity (Wildman–Crippen MR) is 105 cm³/mol. The molecule has 4 rings (SSSR count). The van der Waals surface area contributed by atoms with Crippen molar-refractivity contribution in [3.63, 3.8) is 0 Å². The summed E-state index contributed by atoms with van der Waals surface area (Å²) in [5, 5.41) is 2.68. The lowest BCUT2D eigenvalue weighted by molar-refractivity contribution is 0.174. The van der Waals surface area contributed by atoms with Crippen LogP contribution in [0.3, 0.4) is 0 Å². The molecule has 0 aromatic heterocycles. The van der Waals surface area contributed by atoms with E-state index >= 15 is 0 Å². The molecule has 0 bridgehead atoms. The summed E-state index contributed by atoms with van der Waals surface area (Å²) in [6.07, 6.45) is 0. The Bertz CT molecular complexity index is 1010. The Morgan fingerprint density at radius 2 is 1.79 bits per heavy atom. The van der Waals surface area contributed by atoms with E-state index in [1.807, 2.05) is 66.1 Å². The molecular formula is C21H19N3O4. The minimum atomic E-state index is -0.489. The standard InChI is InChI=1S/C21H19N3O4/c22-24-21(25)23-18-7-2-1-4-16(18)12-26-17-6-3-5-14(10-17)15-8-9-19-20(11-15)28-13-27-19/h1-11H,12-13,22H2,(H2,23,24,25). The number of urea groups is 1. The fourth-order valence-corrected chi connectivity index (χ4v) is 2.93. The molecule has 0 saturated heterocycles. The van der Waals surface area contributed by atoms with E-state index in [1.54, 1.807) is 6.07 Å². The number of rotatable bonds is 5. The monoisotopic (exact) mass is 377 g/mol. The SMILES string of the molecule is NNC(=O)Nc1ccccc1COc1cccc(-c2ccc3c(c2)OCO3)c1. The maximum absolute atomic E-state index is 11.5. The number of hydrogen-bond donors (Lipinski definition) is 3. The van der Waals surface area contributed by atoms with E-state index in [2.05, 4.69) is 5.32 Å². The maximum Gasteiger partial charge on any atom is 0.333 e. The molecule has 2 amide bonds. The highest BCUT2D eigenvalue weighted by molar-refractivity contribution is 5.89. The molecule has 142 valence electrons. The summed E-state index contributed by atoms with van der Waals surface area (Å²) >= 11 is 0. The highest BCUT2D eigenvalue weighted by Gasteiger charge is 2.14. The Morgan fingerprint density at radius 3 is 2.68 bits per heavy atom. The lowest BCUT2D eigenvalue weighted by Gasteiger charge is -2.13. The molecule has 3 aromatic rings. The van der Waals surface area contributed by atoms with Crippen LogP contribution in [0.1, 0.15) is 5.56 Å². The van der Waals surface area contributed by atoms with Gasteiger partial charge in [-0.15, -0.1) is 0 Å². The van der Waals surface area contributed by atoms with Crippen LogP contribution >= 0.6 is 0 Å². The zero-order chi connectivity index (χ0) is 19.3. The number of carbonyl (C=O) groups is 1. The Labute approximate surface area is 162 Å². The smallest absolute Gasteiger partial charge is 0.333 e. The second-order valence-corrected chi connectivity index (χ2v) is 6.14. The summed E-state index contributed by atoms with van der Waals surface area (Å²) in [6.45, 7) is 0.545. The van der Waals surface area contributed by atoms with E-state index in [9.17, 15) is 4.79 Å². The largest absolute Gasteiger partial charge is 0.489 e. The predicted octanol–water partition coefficient (Wildman–Crippen LogP) is 3.66. The van der Waals surface area contributed by atoms with E-state index < -0.39 is 6.03 Å². The first-order valence-corrected chi connectivity index (χ1v) is 8.71. The molecule has 7 heteroatoms. The lowest BCUT2D eigenvalue weighted by atomic mass is 10.0. The van der Waals surface area contributed by atoms with Gasteiger partial charge < -0.3 is 19.5 Å². The third kappa shape index (κ3) is 3.84. The van der Waals surface area contributed by atoms with Crippen LogP contribution in [0.25, 0.3) is 11.1 Å². The van der Waals surface area contributed by atoms with E-state index in [0.717, 1.165) is 28.2 Å². The molecule has 28 heavy (non-hydrogen) atoms. The topological polar surface area (TPSA) is 94.8 Å². The van der Waals surface area contributed by atoms with Crippen LogP contribution < -0.4 is 30.8 Å². The van der Waals surface area contributed by atoms with Crippen molar-refractivity contribution < 1.29 is 19.0 Å². The molecule has 0 fully saturated rings. The Kier molecular flexibility index (Phi) is 4.99. The average Bonchev–Trinajstić information content (AvgIpc) is 3.21. The number of benzene rings is 3. The Balaban J connectivity index is 1.50. The summed E-state index contributed by atoms with van der Waals surface area (Å²) in [5.41, 5.74) is 5.53. The summed E-state index contributed by atoms with van der Waals surface area (Å²) < 4.78 is 16.8. The molecular weight excluding hydrogens is 358 g/mol. The number of hydrogen-bond acceptors (Lipinski definition) is 5. The minimum Gasteiger partial charge on any atom is -0.489 e. The van der Waals surface area contributed by atoms with Crippen molar-refractivity contribution in [2.75, 3.05) is 12.1 Å². The molecule has 0 aliphatic carbocycles. The lowest BCUT2D eigenvalue weighted by Crippen LogP contribution is -2.34. The van der Waals surface area contributed by atoms with Crippen molar-refractivity contribution in [3.05, 3.63) is 72.3 Å². The summed E-state index contributed by atoms with van der Waals surface area (Å²) in [5.74, 6) is 7.34. The van der Waals surface area contributed by atoms with Gasteiger partial charge in [-0.3, -0.25) is 5.43 Å². The average molecular weight is 377 g/mol. The minimum absolute atomic E-state index is 0.248. The van der Waals surface area contributed by atoms with Gasteiger partial charge in [-0.1, -0.05) is 36.4 Å². The van der Waals surface area contributed by atoms with E-state index in [-0.39, 0.29) is 6.79 Å². The maximum atomic E-state index is 11.5. The van der Waals surface area contributed by atoms with Crippen molar-refractivity contribution in [1.29, 1.82) is 0 Å². The van der Waals surface area contributed by atoms with Gasteiger partial charge in [0.05, 0.1) is 0 Å². The molecule has 0 spiro atoms. The number of para-hydroxylation sites is 1. The van der Waals surface area contributed by atoms with Gasteiger partial charge in [0, 0.05) is 11.3 Å². The molecule has 1 aliphatic heterocycles. The first kappa shape index (κ1) is 17.7.